The van der Waals surface area contributed by atoms with Crippen LogP contribution in [0.1, 0.15) is 21.6 Å². The van der Waals surface area contributed by atoms with E-state index in [0.717, 1.165) is 21.5 Å². The number of halogens is 1. The molecule has 0 amide bonds. The summed E-state index contributed by atoms with van der Waals surface area (Å²) in [4.78, 5) is 15.2. The third-order valence-corrected chi connectivity index (χ3v) is 3.15. The van der Waals surface area contributed by atoms with Crippen molar-refractivity contribution in [2.45, 2.75) is 13.5 Å². The molecule has 0 aliphatic rings. The number of hydrogen-bond acceptors (Lipinski definition) is 3. The van der Waals surface area contributed by atoms with Gasteiger partial charge in [-0.25, -0.2) is 9.78 Å². The molecule has 1 heterocycles. The third kappa shape index (κ3) is 3.54. The lowest BCUT2D eigenvalue weighted by Gasteiger charge is -2.10. The van der Waals surface area contributed by atoms with Gasteiger partial charge in [-0.1, -0.05) is 6.07 Å². The highest BCUT2D eigenvalue weighted by molar-refractivity contribution is 9.10. The van der Waals surface area contributed by atoms with E-state index in [0.29, 0.717) is 12.1 Å². The Bertz CT molecular complexity index is 614. The van der Waals surface area contributed by atoms with Gasteiger partial charge in [-0.2, -0.15) is 0 Å². The maximum absolute atomic E-state index is 10.8. The second-order valence-electron chi connectivity index (χ2n) is 4.14. The van der Waals surface area contributed by atoms with E-state index in [9.17, 15) is 4.79 Å². The molecule has 1 aromatic carbocycles. The summed E-state index contributed by atoms with van der Waals surface area (Å²) in [6, 6.07) is 10.7. The molecule has 0 radical (unpaired) electrons. The third-order valence-electron chi connectivity index (χ3n) is 2.71. The fraction of sp³-hybridized carbons (Fsp3) is 0.143. The van der Waals surface area contributed by atoms with E-state index >= 15 is 0 Å². The quantitative estimate of drug-likeness (QED) is 0.847. The van der Waals surface area contributed by atoms with Gasteiger partial charge in [0.1, 0.15) is 4.60 Å². The first kappa shape index (κ1) is 13.5. The molecule has 0 unspecified atom stereocenters. The lowest BCUT2D eigenvalue weighted by Crippen LogP contribution is -2.04. The molecule has 0 atom stereocenters. The number of aromatic nitrogens is 1. The standard InChI is InChI=1S/C14H13BrN2O2/c1-9-7-10(14(18)19)5-6-12(9)16-8-11-3-2-4-13(15)17-11/h2-7,16H,8H2,1H3,(H,18,19). The fourth-order valence-electron chi connectivity index (χ4n) is 1.73. The molecule has 0 aliphatic heterocycles. The van der Waals surface area contributed by atoms with Crippen molar-refractivity contribution >= 4 is 27.6 Å². The summed E-state index contributed by atoms with van der Waals surface area (Å²) in [5.41, 5.74) is 3.02. The van der Waals surface area contributed by atoms with Crippen molar-refractivity contribution in [3.05, 3.63) is 57.8 Å². The van der Waals surface area contributed by atoms with E-state index in [-0.39, 0.29) is 0 Å². The van der Waals surface area contributed by atoms with Crippen molar-refractivity contribution in [2.75, 3.05) is 5.32 Å². The van der Waals surface area contributed by atoms with Crippen LogP contribution in [0.2, 0.25) is 0 Å². The Morgan fingerprint density at radius 1 is 1.37 bits per heavy atom. The topological polar surface area (TPSA) is 62.2 Å². The van der Waals surface area contributed by atoms with Crippen LogP contribution in [0.3, 0.4) is 0 Å². The Hall–Kier alpha value is -1.88. The van der Waals surface area contributed by atoms with E-state index < -0.39 is 5.97 Å². The van der Waals surface area contributed by atoms with Crippen LogP contribution in [0.25, 0.3) is 0 Å². The normalized spacial score (nSPS) is 10.2. The molecule has 1 aromatic heterocycles. The number of aryl methyl sites for hydroxylation is 1. The average Bonchev–Trinajstić information content (AvgIpc) is 2.37. The summed E-state index contributed by atoms with van der Waals surface area (Å²) in [5.74, 6) is -0.914. The number of carbonyl (C=O) groups is 1. The molecule has 19 heavy (non-hydrogen) atoms. The molecule has 2 aromatic rings. The Kier molecular flexibility index (Phi) is 4.16. The average molecular weight is 321 g/mol. The maximum Gasteiger partial charge on any atom is 0.335 e. The molecule has 2 N–H and O–H groups in total. The van der Waals surface area contributed by atoms with Gasteiger partial charge < -0.3 is 10.4 Å². The molecule has 4 nitrogen and oxygen atoms in total. The van der Waals surface area contributed by atoms with E-state index in [1.54, 1.807) is 18.2 Å². The van der Waals surface area contributed by atoms with Crippen LogP contribution in [0, 0.1) is 6.92 Å². The van der Waals surface area contributed by atoms with E-state index in [2.05, 4.69) is 26.2 Å². The molecular formula is C14H13BrN2O2. The van der Waals surface area contributed by atoms with Gasteiger partial charge in [0.25, 0.3) is 0 Å². The summed E-state index contributed by atoms with van der Waals surface area (Å²) in [6.45, 7) is 2.47. The minimum absolute atomic E-state index is 0.295. The van der Waals surface area contributed by atoms with Crippen LogP contribution in [-0.2, 0) is 6.54 Å². The second kappa shape index (κ2) is 5.84. The van der Waals surface area contributed by atoms with E-state index in [1.165, 1.54) is 0 Å². The molecule has 98 valence electrons. The number of carboxylic acids is 1. The van der Waals surface area contributed by atoms with Crippen molar-refractivity contribution in [1.82, 2.24) is 4.98 Å². The minimum Gasteiger partial charge on any atom is -0.478 e. The van der Waals surface area contributed by atoms with Crippen molar-refractivity contribution in [3.63, 3.8) is 0 Å². The number of rotatable bonds is 4. The van der Waals surface area contributed by atoms with E-state index in [4.69, 9.17) is 5.11 Å². The number of aromatic carboxylic acids is 1. The van der Waals surface area contributed by atoms with Gasteiger partial charge in [-0.3, -0.25) is 0 Å². The molecule has 2 rings (SSSR count). The zero-order chi connectivity index (χ0) is 13.8. The number of nitrogens with zero attached hydrogens (tertiary/aromatic N) is 1. The fourth-order valence-corrected chi connectivity index (χ4v) is 2.11. The Morgan fingerprint density at radius 2 is 2.16 bits per heavy atom. The van der Waals surface area contributed by atoms with Crippen LogP contribution in [-0.4, -0.2) is 16.1 Å². The van der Waals surface area contributed by atoms with Gasteiger partial charge in [-0.15, -0.1) is 0 Å². The van der Waals surface area contributed by atoms with Crippen LogP contribution >= 0.6 is 15.9 Å². The molecule has 0 aliphatic carbocycles. The highest BCUT2D eigenvalue weighted by Gasteiger charge is 2.05. The van der Waals surface area contributed by atoms with Crippen molar-refractivity contribution in [2.24, 2.45) is 0 Å². The maximum atomic E-state index is 10.8. The van der Waals surface area contributed by atoms with Crippen molar-refractivity contribution in [1.29, 1.82) is 0 Å². The van der Waals surface area contributed by atoms with Crippen LogP contribution in [0.15, 0.2) is 41.0 Å². The molecule has 0 bridgehead atoms. The predicted octanol–water partition coefficient (Wildman–Crippen LogP) is 3.46. The number of anilines is 1. The Morgan fingerprint density at radius 3 is 2.79 bits per heavy atom. The predicted molar refractivity (Wildman–Crippen MR) is 77.4 cm³/mol. The highest BCUT2D eigenvalue weighted by Crippen LogP contribution is 2.17. The first-order valence-corrected chi connectivity index (χ1v) is 6.55. The zero-order valence-corrected chi connectivity index (χ0v) is 11.9. The monoisotopic (exact) mass is 320 g/mol. The first-order chi connectivity index (χ1) is 9.06. The number of hydrogen-bond donors (Lipinski definition) is 2. The van der Waals surface area contributed by atoms with Crippen molar-refractivity contribution in [3.8, 4) is 0 Å². The summed E-state index contributed by atoms with van der Waals surface area (Å²) in [6.07, 6.45) is 0. The number of benzene rings is 1. The summed E-state index contributed by atoms with van der Waals surface area (Å²) < 4.78 is 0.796. The molecule has 0 saturated carbocycles. The molecule has 0 spiro atoms. The Labute approximate surface area is 119 Å². The highest BCUT2D eigenvalue weighted by atomic mass is 79.9. The van der Waals surface area contributed by atoms with Gasteiger partial charge in [0.05, 0.1) is 17.8 Å². The van der Waals surface area contributed by atoms with Gasteiger partial charge >= 0.3 is 5.97 Å². The zero-order valence-electron chi connectivity index (χ0n) is 10.4. The molecule has 0 fully saturated rings. The van der Waals surface area contributed by atoms with Crippen LogP contribution in [0.5, 0.6) is 0 Å². The molecule has 5 heteroatoms. The van der Waals surface area contributed by atoms with Gasteiger partial charge in [0, 0.05) is 5.69 Å². The number of pyridine rings is 1. The molecular weight excluding hydrogens is 308 g/mol. The lowest BCUT2D eigenvalue weighted by atomic mass is 10.1. The van der Waals surface area contributed by atoms with Crippen molar-refractivity contribution < 1.29 is 9.90 Å². The summed E-state index contributed by atoms with van der Waals surface area (Å²) in [5, 5.41) is 12.1. The molecule has 0 saturated heterocycles. The largest absolute Gasteiger partial charge is 0.478 e. The number of carboxylic acid groups (broad SMARTS) is 1. The summed E-state index contributed by atoms with van der Waals surface area (Å²) in [7, 11) is 0. The lowest BCUT2D eigenvalue weighted by molar-refractivity contribution is 0.0697. The van der Waals surface area contributed by atoms with Crippen LogP contribution < -0.4 is 5.32 Å². The SMILES string of the molecule is Cc1cc(C(=O)O)ccc1NCc1cccc(Br)n1. The number of nitrogens with one attached hydrogen (secondary N) is 1. The van der Waals surface area contributed by atoms with Gasteiger partial charge in [0.2, 0.25) is 0 Å². The summed E-state index contributed by atoms with van der Waals surface area (Å²) >= 11 is 3.32. The van der Waals surface area contributed by atoms with Crippen LogP contribution in [0.4, 0.5) is 5.69 Å². The minimum atomic E-state index is -0.914. The smallest absolute Gasteiger partial charge is 0.335 e. The van der Waals surface area contributed by atoms with Gasteiger partial charge in [0.15, 0.2) is 0 Å². The van der Waals surface area contributed by atoms with Gasteiger partial charge in [-0.05, 0) is 58.7 Å². The Balaban J connectivity index is 2.10. The first-order valence-electron chi connectivity index (χ1n) is 5.75. The van der Waals surface area contributed by atoms with E-state index in [1.807, 2.05) is 25.1 Å². The second-order valence-corrected chi connectivity index (χ2v) is 4.95.